The Hall–Kier alpha value is -0.570. The molecule has 1 aliphatic carbocycles. The van der Waals surface area contributed by atoms with Crippen molar-refractivity contribution < 1.29 is 4.79 Å². The first kappa shape index (κ1) is 13.5. The number of hydrogen-bond acceptors (Lipinski definition) is 2. The molecule has 0 saturated heterocycles. The molecule has 0 radical (unpaired) electrons. The zero-order chi connectivity index (χ0) is 11.8. The van der Waals surface area contributed by atoms with E-state index >= 15 is 0 Å². The lowest BCUT2D eigenvalue weighted by Crippen LogP contribution is -2.45. The van der Waals surface area contributed by atoms with Crippen LogP contribution in [-0.2, 0) is 4.79 Å². The summed E-state index contributed by atoms with van der Waals surface area (Å²) in [6.45, 7) is 2.06. The molecule has 0 aromatic carbocycles. The molecular weight excluding hydrogens is 200 g/mol. The third-order valence-corrected chi connectivity index (χ3v) is 3.39. The summed E-state index contributed by atoms with van der Waals surface area (Å²) in [6.07, 6.45) is 10.5. The molecule has 3 N–H and O–H groups in total. The fraction of sp³-hybridized carbons (Fsp3) is 0.923. The average molecular weight is 226 g/mol. The van der Waals surface area contributed by atoms with Gasteiger partial charge < -0.3 is 11.1 Å². The Kier molecular flexibility index (Phi) is 6.46. The average Bonchev–Trinajstić information content (AvgIpc) is 2.22. The molecule has 1 saturated carbocycles. The van der Waals surface area contributed by atoms with Gasteiger partial charge in [0.05, 0.1) is 6.04 Å². The number of amides is 1. The van der Waals surface area contributed by atoms with Crippen molar-refractivity contribution in [1.82, 2.24) is 5.32 Å². The van der Waals surface area contributed by atoms with Crippen molar-refractivity contribution in [2.24, 2.45) is 5.73 Å². The molecule has 3 heteroatoms. The lowest BCUT2D eigenvalue weighted by Gasteiger charge is -2.22. The van der Waals surface area contributed by atoms with Crippen LogP contribution in [0.4, 0.5) is 0 Å². The van der Waals surface area contributed by atoms with Crippen LogP contribution in [0.3, 0.4) is 0 Å². The van der Waals surface area contributed by atoms with Gasteiger partial charge in [-0.25, -0.2) is 0 Å². The van der Waals surface area contributed by atoms with Crippen LogP contribution in [0.25, 0.3) is 0 Å². The van der Waals surface area contributed by atoms with Crippen LogP contribution < -0.4 is 11.1 Å². The summed E-state index contributed by atoms with van der Waals surface area (Å²) in [5, 5.41) is 3.11. The van der Waals surface area contributed by atoms with E-state index in [1.165, 1.54) is 32.1 Å². The molecule has 0 unspecified atom stereocenters. The second-order valence-corrected chi connectivity index (χ2v) is 4.95. The summed E-state index contributed by atoms with van der Waals surface area (Å²) < 4.78 is 0. The third-order valence-electron chi connectivity index (χ3n) is 3.39. The van der Waals surface area contributed by atoms with Crippen molar-refractivity contribution in [3.63, 3.8) is 0 Å². The molecule has 0 heterocycles. The van der Waals surface area contributed by atoms with E-state index in [0.717, 1.165) is 25.7 Å². The van der Waals surface area contributed by atoms with Gasteiger partial charge in [0, 0.05) is 6.04 Å². The van der Waals surface area contributed by atoms with Crippen LogP contribution in [0, 0.1) is 0 Å². The van der Waals surface area contributed by atoms with Gasteiger partial charge in [-0.05, 0) is 19.3 Å². The lowest BCUT2D eigenvalue weighted by molar-refractivity contribution is -0.123. The highest BCUT2D eigenvalue weighted by Gasteiger charge is 2.17. The molecule has 0 aliphatic heterocycles. The van der Waals surface area contributed by atoms with Crippen molar-refractivity contribution in [2.45, 2.75) is 76.8 Å². The van der Waals surface area contributed by atoms with E-state index < -0.39 is 0 Å². The van der Waals surface area contributed by atoms with Crippen molar-refractivity contribution in [3.05, 3.63) is 0 Å². The normalized spacial score (nSPS) is 20.9. The van der Waals surface area contributed by atoms with Gasteiger partial charge in [-0.15, -0.1) is 0 Å². The zero-order valence-corrected chi connectivity index (χ0v) is 10.5. The summed E-state index contributed by atoms with van der Waals surface area (Å²) in [4.78, 5) is 11.8. The van der Waals surface area contributed by atoms with Crippen LogP contribution >= 0.6 is 0 Å². The Bertz CT molecular complexity index is 198. The van der Waals surface area contributed by atoms with E-state index in [0.29, 0.717) is 6.04 Å². The minimum Gasteiger partial charge on any atom is -0.352 e. The van der Waals surface area contributed by atoms with Gasteiger partial charge in [-0.1, -0.05) is 45.4 Å². The van der Waals surface area contributed by atoms with Crippen molar-refractivity contribution in [2.75, 3.05) is 0 Å². The largest absolute Gasteiger partial charge is 0.352 e. The van der Waals surface area contributed by atoms with Crippen LogP contribution in [0.1, 0.15) is 64.7 Å². The highest BCUT2D eigenvalue weighted by atomic mass is 16.2. The Morgan fingerprint density at radius 3 is 2.38 bits per heavy atom. The number of nitrogens with two attached hydrogens (primary N) is 1. The number of hydrogen-bond donors (Lipinski definition) is 2. The second kappa shape index (κ2) is 7.66. The van der Waals surface area contributed by atoms with Crippen molar-refractivity contribution >= 4 is 5.91 Å². The Labute approximate surface area is 99.2 Å². The summed E-state index contributed by atoms with van der Waals surface area (Å²) in [5.74, 6) is 0.0485. The molecule has 94 valence electrons. The number of carbonyl (C=O) groups is 1. The SMILES string of the molecule is CCC[C@H](N)C(=O)NC1CCCCCCC1. The zero-order valence-electron chi connectivity index (χ0n) is 10.5. The van der Waals surface area contributed by atoms with Crippen LogP contribution in [0.15, 0.2) is 0 Å². The van der Waals surface area contributed by atoms with Gasteiger partial charge in [0.2, 0.25) is 5.91 Å². The van der Waals surface area contributed by atoms with E-state index in [4.69, 9.17) is 5.73 Å². The molecule has 0 spiro atoms. The summed E-state index contributed by atoms with van der Waals surface area (Å²) in [5.41, 5.74) is 5.80. The van der Waals surface area contributed by atoms with Gasteiger partial charge in [0.15, 0.2) is 0 Å². The molecule has 0 aromatic rings. The van der Waals surface area contributed by atoms with Crippen molar-refractivity contribution in [3.8, 4) is 0 Å². The predicted molar refractivity (Wildman–Crippen MR) is 67.1 cm³/mol. The summed E-state index contributed by atoms with van der Waals surface area (Å²) in [7, 11) is 0. The predicted octanol–water partition coefficient (Wildman–Crippen LogP) is 2.34. The smallest absolute Gasteiger partial charge is 0.237 e. The van der Waals surface area contributed by atoms with E-state index in [1.54, 1.807) is 0 Å². The Balaban J connectivity index is 2.29. The van der Waals surface area contributed by atoms with Gasteiger partial charge in [-0.2, -0.15) is 0 Å². The van der Waals surface area contributed by atoms with Crippen molar-refractivity contribution in [1.29, 1.82) is 0 Å². The van der Waals surface area contributed by atoms with E-state index in [-0.39, 0.29) is 11.9 Å². The fourth-order valence-electron chi connectivity index (χ4n) is 2.35. The molecule has 0 bridgehead atoms. The van der Waals surface area contributed by atoms with E-state index in [9.17, 15) is 4.79 Å². The maximum absolute atomic E-state index is 11.8. The summed E-state index contributed by atoms with van der Waals surface area (Å²) in [6, 6.07) is 0.0612. The van der Waals surface area contributed by atoms with Gasteiger partial charge >= 0.3 is 0 Å². The molecule has 1 fully saturated rings. The Morgan fingerprint density at radius 1 is 1.25 bits per heavy atom. The first-order chi connectivity index (χ1) is 7.74. The number of nitrogens with one attached hydrogen (secondary N) is 1. The highest BCUT2D eigenvalue weighted by Crippen LogP contribution is 2.17. The minimum absolute atomic E-state index is 0.0485. The molecule has 0 aromatic heterocycles. The molecule has 1 amide bonds. The number of rotatable bonds is 4. The highest BCUT2D eigenvalue weighted by molar-refractivity contribution is 5.81. The van der Waals surface area contributed by atoms with Gasteiger partial charge in [-0.3, -0.25) is 4.79 Å². The first-order valence-corrected chi connectivity index (χ1v) is 6.80. The lowest BCUT2D eigenvalue weighted by atomic mass is 9.96. The number of carbonyl (C=O) groups excluding carboxylic acids is 1. The van der Waals surface area contributed by atoms with Crippen LogP contribution in [0.2, 0.25) is 0 Å². The monoisotopic (exact) mass is 226 g/mol. The molecular formula is C13H26N2O. The maximum Gasteiger partial charge on any atom is 0.237 e. The topological polar surface area (TPSA) is 55.1 Å². The van der Waals surface area contributed by atoms with E-state index in [1.807, 2.05) is 0 Å². The maximum atomic E-state index is 11.8. The molecule has 1 atom stereocenters. The van der Waals surface area contributed by atoms with Crippen LogP contribution in [0.5, 0.6) is 0 Å². The second-order valence-electron chi connectivity index (χ2n) is 4.95. The quantitative estimate of drug-likeness (QED) is 0.773. The third kappa shape index (κ3) is 4.97. The molecule has 16 heavy (non-hydrogen) atoms. The van der Waals surface area contributed by atoms with Gasteiger partial charge in [0.25, 0.3) is 0 Å². The summed E-state index contributed by atoms with van der Waals surface area (Å²) >= 11 is 0. The van der Waals surface area contributed by atoms with E-state index in [2.05, 4.69) is 12.2 Å². The van der Waals surface area contributed by atoms with Gasteiger partial charge in [0.1, 0.15) is 0 Å². The van der Waals surface area contributed by atoms with Crippen LogP contribution in [-0.4, -0.2) is 18.0 Å². The standard InChI is InChI=1S/C13H26N2O/c1-2-8-12(14)13(16)15-11-9-6-4-3-5-7-10-11/h11-12H,2-10,14H2,1H3,(H,15,16)/t12-/m0/s1. The molecule has 3 nitrogen and oxygen atoms in total. The minimum atomic E-state index is -0.310. The molecule has 1 rings (SSSR count). The first-order valence-electron chi connectivity index (χ1n) is 6.80. The molecule has 1 aliphatic rings. The fourth-order valence-corrected chi connectivity index (χ4v) is 2.35. The Morgan fingerprint density at radius 2 is 1.81 bits per heavy atom.